The Hall–Kier alpha value is -0.540. The van der Waals surface area contributed by atoms with Crippen LogP contribution >= 0.6 is 11.8 Å². The van der Waals surface area contributed by atoms with Crippen molar-refractivity contribution < 1.29 is 0 Å². The molecule has 82 valence electrons. The monoisotopic (exact) mass is 222 g/mol. The van der Waals surface area contributed by atoms with Crippen molar-refractivity contribution in [3.63, 3.8) is 0 Å². The molecule has 1 N–H and O–H groups in total. The predicted octanol–water partition coefficient (Wildman–Crippen LogP) is 2.83. The largest absolute Gasteiger partial charge is 0.310 e. The minimum absolute atomic E-state index is 0.605. The average Bonchev–Trinajstić information content (AvgIpc) is 2.99. The minimum atomic E-state index is 0.605. The Morgan fingerprint density at radius 2 is 2.27 bits per heavy atom. The van der Waals surface area contributed by atoms with E-state index in [1.165, 1.54) is 18.4 Å². The molecule has 0 unspecified atom stereocenters. The third-order valence-electron chi connectivity index (χ3n) is 2.33. The van der Waals surface area contributed by atoms with Crippen LogP contribution in [0.25, 0.3) is 0 Å². The third kappa shape index (κ3) is 3.84. The maximum absolute atomic E-state index is 4.44. The first kappa shape index (κ1) is 11.0. The molecule has 1 aliphatic carbocycles. The van der Waals surface area contributed by atoms with E-state index >= 15 is 0 Å². The van der Waals surface area contributed by atoms with Crippen LogP contribution in [0.3, 0.4) is 0 Å². The van der Waals surface area contributed by atoms with Crippen LogP contribution in [0.2, 0.25) is 0 Å². The molecule has 0 aromatic carbocycles. The number of nitrogens with one attached hydrogen (secondary N) is 1. The minimum Gasteiger partial charge on any atom is -0.310 e. The molecule has 15 heavy (non-hydrogen) atoms. The Morgan fingerprint density at radius 3 is 2.80 bits per heavy atom. The zero-order valence-corrected chi connectivity index (χ0v) is 10.2. The summed E-state index contributed by atoms with van der Waals surface area (Å²) in [4.78, 5) is 4.44. The molecular formula is C12H18N2S. The average molecular weight is 222 g/mol. The lowest BCUT2D eigenvalue weighted by Crippen LogP contribution is -2.15. The van der Waals surface area contributed by atoms with E-state index in [2.05, 4.69) is 36.3 Å². The molecule has 0 aliphatic heterocycles. The van der Waals surface area contributed by atoms with Crippen LogP contribution in [-0.4, -0.2) is 16.3 Å². The Balaban J connectivity index is 1.85. The third-order valence-corrected chi connectivity index (χ3v) is 3.28. The van der Waals surface area contributed by atoms with Gasteiger partial charge in [0.2, 0.25) is 0 Å². The summed E-state index contributed by atoms with van der Waals surface area (Å²) in [6.07, 6.45) is 4.67. The van der Waals surface area contributed by atoms with Gasteiger partial charge in [0.25, 0.3) is 0 Å². The first-order valence-electron chi connectivity index (χ1n) is 5.59. The molecule has 0 spiro atoms. The summed E-state index contributed by atoms with van der Waals surface area (Å²) in [5.41, 5.74) is 1.29. The molecule has 1 fully saturated rings. The van der Waals surface area contributed by atoms with Crippen molar-refractivity contribution in [2.24, 2.45) is 0 Å². The highest BCUT2D eigenvalue weighted by Gasteiger charge is 2.19. The van der Waals surface area contributed by atoms with Crippen molar-refractivity contribution >= 4 is 11.8 Å². The van der Waals surface area contributed by atoms with Crippen molar-refractivity contribution in [2.75, 3.05) is 0 Å². The molecule has 0 atom stereocenters. The van der Waals surface area contributed by atoms with E-state index in [4.69, 9.17) is 0 Å². The second kappa shape index (κ2) is 4.99. The highest BCUT2D eigenvalue weighted by molar-refractivity contribution is 7.99. The van der Waals surface area contributed by atoms with Gasteiger partial charge in [0.15, 0.2) is 0 Å². The number of nitrogens with zero attached hydrogens (tertiary/aromatic N) is 1. The molecule has 1 aromatic heterocycles. The lowest BCUT2D eigenvalue weighted by atomic mass is 10.3. The summed E-state index contributed by atoms with van der Waals surface area (Å²) in [6.45, 7) is 5.34. The van der Waals surface area contributed by atoms with Crippen molar-refractivity contribution in [1.82, 2.24) is 10.3 Å². The molecule has 0 amide bonds. The Bertz CT molecular complexity index is 304. The van der Waals surface area contributed by atoms with Crippen molar-refractivity contribution in [2.45, 2.75) is 49.6 Å². The first-order valence-corrected chi connectivity index (χ1v) is 6.47. The summed E-state index contributed by atoms with van der Waals surface area (Å²) >= 11 is 1.81. The van der Waals surface area contributed by atoms with Gasteiger partial charge < -0.3 is 5.32 Å². The van der Waals surface area contributed by atoms with Crippen LogP contribution in [-0.2, 0) is 6.54 Å². The highest BCUT2D eigenvalue weighted by Crippen LogP contribution is 2.21. The first-order chi connectivity index (χ1) is 7.24. The molecule has 1 heterocycles. The molecule has 0 saturated heterocycles. The normalized spacial score (nSPS) is 15.9. The van der Waals surface area contributed by atoms with Crippen molar-refractivity contribution in [1.29, 1.82) is 0 Å². The maximum atomic E-state index is 4.44. The molecule has 2 nitrogen and oxygen atoms in total. The molecule has 1 saturated carbocycles. The summed E-state index contributed by atoms with van der Waals surface area (Å²) in [7, 11) is 0. The lowest BCUT2D eigenvalue weighted by molar-refractivity contribution is 0.685. The summed E-state index contributed by atoms with van der Waals surface area (Å²) in [6, 6.07) is 5.07. The van der Waals surface area contributed by atoms with Gasteiger partial charge in [0.05, 0.1) is 5.03 Å². The molecule has 1 aromatic rings. The standard InChI is InChI=1S/C12H18N2S/c1-9(2)15-12-6-3-10(8-14-12)7-13-11-4-5-11/h3,6,8-9,11,13H,4-5,7H2,1-2H3. The van der Waals surface area contributed by atoms with Gasteiger partial charge in [-0.2, -0.15) is 0 Å². The van der Waals surface area contributed by atoms with Crippen LogP contribution in [0.5, 0.6) is 0 Å². The van der Waals surface area contributed by atoms with E-state index in [0.29, 0.717) is 5.25 Å². The zero-order chi connectivity index (χ0) is 10.7. The van der Waals surface area contributed by atoms with E-state index in [0.717, 1.165) is 17.6 Å². The fraction of sp³-hybridized carbons (Fsp3) is 0.583. The van der Waals surface area contributed by atoms with Crippen LogP contribution in [0.4, 0.5) is 0 Å². The lowest BCUT2D eigenvalue weighted by Gasteiger charge is -2.05. The number of rotatable bonds is 5. The van der Waals surface area contributed by atoms with Gasteiger partial charge >= 0.3 is 0 Å². The van der Waals surface area contributed by atoms with E-state index in [9.17, 15) is 0 Å². The van der Waals surface area contributed by atoms with E-state index < -0.39 is 0 Å². The van der Waals surface area contributed by atoms with Crippen LogP contribution in [0.15, 0.2) is 23.4 Å². The predicted molar refractivity (Wildman–Crippen MR) is 65.1 cm³/mol. The van der Waals surface area contributed by atoms with Gasteiger partial charge in [0, 0.05) is 24.0 Å². The topological polar surface area (TPSA) is 24.9 Å². The smallest absolute Gasteiger partial charge is 0.0962 e. The van der Waals surface area contributed by atoms with Gasteiger partial charge in [-0.15, -0.1) is 11.8 Å². The van der Waals surface area contributed by atoms with Gasteiger partial charge in [-0.1, -0.05) is 19.9 Å². The second-order valence-corrected chi connectivity index (χ2v) is 5.92. The fourth-order valence-electron chi connectivity index (χ4n) is 1.38. The van der Waals surface area contributed by atoms with Crippen LogP contribution in [0, 0.1) is 0 Å². The number of pyridine rings is 1. The second-order valence-electron chi connectivity index (χ2n) is 4.33. The van der Waals surface area contributed by atoms with E-state index in [-0.39, 0.29) is 0 Å². The Kier molecular flexibility index (Phi) is 3.65. The molecule has 0 bridgehead atoms. The van der Waals surface area contributed by atoms with Crippen molar-refractivity contribution in [3.8, 4) is 0 Å². The Labute approximate surface area is 95.9 Å². The van der Waals surface area contributed by atoms with Crippen LogP contribution < -0.4 is 5.32 Å². The fourth-order valence-corrected chi connectivity index (χ4v) is 2.12. The summed E-state index contributed by atoms with van der Waals surface area (Å²) in [5, 5.41) is 5.22. The molecular weight excluding hydrogens is 204 g/mol. The van der Waals surface area contributed by atoms with Gasteiger partial charge in [-0.3, -0.25) is 0 Å². The molecule has 1 aliphatic rings. The zero-order valence-electron chi connectivity index (χ0n) is 9.36. The van der Waals surface area contributed by atoms with Gasteiger partial charge in [-0.05, 0) is 24.5 Å². The number of hydrogen-bond acceptors (Lipinski definition) is 3. The molecule has 0 radical (unpaired) electrons. The van der Waals surface area contributed by atoms with E-state index in [1.54, 1.807) is 0 Å². The maximum Gasteiger partial charge on any atom is 0.0962 e. The molecule has 3 heteroatoms. The van der Waals surface area contributed by atoms with Crippen molar-refractivity contribution in [3.05, 3.63) is 23.9 Å². The van der Waals surface area contributed by atoms with E-state index in [1.807, 2.05) is 18.0 Å². The number of thioether (sulfide) groups is 1. The number of aromatic nitrogens is 1. The SMILES string of the molecule is CC(C)Sc1ccc(CNC2CC2)cn1. The van der Waals surface area contributed by atoms with Gasteiger partial charge in [0.1, 0.15) is 0 Å². The quantitative estimate of drug-likeness (QED) is 0.775. The van der Waals surface area contributed by atoms with Crippen LogP contribution in [0.1, 0.15) is 32.3 Å². The van der Waals surface area contributed by atoms with Gasteiger partial charge in [-0.25, -0.2) is 4.98 Å². The Morgan fingerprint density at radius 1 is 1.47 bits per heavy atom. The summed E-state index contributed by atoms with van der Waals surface area (Å²) in [5.74, 6) is 0. The highest BCUT2D eigenvalue weighted by atomic mass is 32.2. The number of hydrogen-bond donors (Lipinski definition) is 1. The summed E-state index contributed by atoms with van der Waals surface area (Å²) < 4.78 is 0. The molecule has 2 rings (SSSR count).